The Bertz CT molecular complexity index is 302. The molecule has 0 saturated heterocycles. The van der Waals surface area contributed by atoms with Gasteiger partial charge in [-0.15, -0.1) is 5.10 Å². The van der Waals surface area contributed by atoms with E-state index in [1.54, 1.807) is 7.05 Å². The van der Waals surface area contributed by atoms with Crippen LogP contribution in [-0.2, 0) is 0 Å². The molecule has 0 aliphatic rings. The Labute approximate surface area is 80.9 Å². The number of hydrogen-bond acceptors (Lipinski definition) is 5. The lowest BCUT2D eigenvalue weighted by molar-refractivity contribution is 0.748. The van der Waals surface area contributed by atoms with Gasteiger partial charge in [0.1, 0.15) is 11.9 Å². The molecule has 1 rings (SSSR count). The molecule has 0 amide bonds. The van der Waals surface area contributed by atoms with Gasteiger partial charge >= 0.3 is 0 Å². The molecule has 6 heteroatoms. The average Bonchev–Trinajstić information content (AvgIpc) is 2.53. The summed E-state index contributed by atoms with van der Waals surface area (Å²) >= 11 is 1.46. The smallest absolute Gasteiger partial charge is 0.208 e. The van der Waals surface area contributed by atoms with Crippen molar-refractivity contribution in [2.24, 2.45) is 0 Å². The largest absolute Gasteiger partial charge is 0.304 e. The minimum atomic E-state index is -0.149. The van der Waals surface area contributed by atoms with Crippen molar-refractivity contribution in [1.29, 1.82) is 5.26 Å². The zero-order valence-electron chi connectivity index (χ0n) is 7.53. The second kappa shape index (κ2) is 4.84. The molecule has 5 nitrogen and oxygen atoms in total. The molecule has 0 saturated carbocycles. The van der Waals surface area contributed by atoms with Gasteiger partial charge in [0, 0.05) is 5.75 Å². The molecule has 0 spiro atoms. The summed E-state index contributed by atoms with van der Waals surface area (Å²) in [6.45, 7) is 1.84. The van der Waals surface area contributed by atoms with Crippen LogP contribution in [0.15, 0.2) is 5.16 Å². The van der Waals surface area contributed by atoms with E-state index in [2.05, 4.69) is 26.6 Å². The Morgan fingerprint density at radius 3 is 3.00 bits per heavy atom. The molecule has 2 N–H and O–H groups in total. The van der Waals surface area contributed by atoms with Crippen molar-refractivity contribution in [2.45, 2.75) is 18.1 Å². The summed E-state index contributed by atoms with van der Waals surface area (Å²) in [5, 5.41) is 18.9. The van der Waals surface area contributed by atoms with Crippen molar-refractivity contribution in [1.82, 2.24) is 20.5 Å². The maximum absolute atomic E-state index is 8.63. The van der Waals surface area contributed by atoms with Gasteiger partial charge in [-0.1, -0.05) is 11.8 Å². The van der Waals surface area contributed by atoms with E-state index in [-0.39, 0.29) is 6.04 Å². The van der Waals surface area contributed by atoms with Crippen LogP contribution in [0.2, 0.25) is 0 Å². The van der Waals surface area contributed by atoms with Crippen molar-refractivity contribution < 1.29 is 0 Å². The van der Waals surface area contributed by atoms with E-state index in [1.807, 2.05) is 6.92 Å². The maximum atomic E-state index is 8.63. The zero-order chi connectivity index (χ0) is 9.68. The van der Waals surface area contributed by atoms with E-state index in [0.29, 0.717) is 10.9 Å². The Balaban J connectivity index is 2.39. The fourth-order valence-electron chi connectivity index (χ4n) is 0.730. The Kier molecular flexibility index (Phi) is 3.73. The van der Waals surface area contributed by atoms with Gasteiger partial charge in [0.05, 0.1) is 6.07 Å². The van der Waals surface area contributed by atoms with Gasteiger partial charge in [0.25, 0.3) is 0 Å². The molecule has 0 fully saturated rings. The van der Waals surface area contributed by atoms with Gasteiger partial charge in [0.2, 0.25) is 5.16 Å². The monoisotopic (exact) mass is 197 g/mol. The first-order valence-corrected chi connectivity index (χ1v) is 4.83. The van der Waals surface area contributed by atoms with Crippen molar-refractivity contribution in [3.05, 3.63) is 5.82 Å². The average molecular weight is 197 g/mol. The lowest BCUT2D eigenvalue weighted by Crippen LogP contribution is -2.25. The minimum absolute atomic E-state index is 0.149. The number of nitrogens with one attached hydrogen (secondary N) is 2. The highest BCUT2D eigenvalue weighted by Gasteiger charge is 2.06. The molecule has 0 aliphatic heterocycles. The first-order chi connectivity index (χ1) is 6.26. The second-order valence-electron chi connectivity index (χ2n) is 2.48. The van der Waals surface area contributed by atoms with E-state index in [0.717, 1.165) is 5.82 Å². The summed E-state index contributed by atoms with van der Waals surface area (Å²) in [5.74, 6) is 1.45. The Morgan fingerprint density at radius 1 is 1.77 bits per heavy atom. The number of nitrogens with zero attached hydrogens (tertiary/aromatic N) is 3. The molecule has 70 valence electrons. The Hall–Kier alpha value is -1.06. The molecule has 1 heterocycles. The molecule has 1 aromatic heterocycles. The summed E-state index contributed by atoms with van der Waals surface area (Å²) in [6, 6.07) is 1.98. The van der Waals surface area contributed by atoms with Crippen LogP contribution in [0.25, 0.3) is 0 Å². The van der Waals surface area contributed by atoms with Crippen molar-refractivity contribution in [3.63, 3.8) is 0 Å². The predicted octanol–water partition coefficient (Wildman–Crippen LogP) is 0.317. The fourth-order valence-corrected chi connectivity index (χ4v) is 1.60. The standard InChI is InChI=1S/C7H11N5S/c1-5-10-7(12-11-5)13-4-6(3-8)9-2/h6,9H,4H2,1-2H3,(H,10,11,12). The topological polar surface area (TPSA) is 77.4 Å². The quantitative estimate of drug-likeness (QED) is 0.679. The van der Waals surface area contributed by atoms with E-state index in [4.69, 9.17) is 5.26 Å². The summed E-state index contributed by atoms with van der Waals surface area (Å²) in [5.41, 5.74) is 0. The first-order valence-electron chi connectivity index (χ1n) is 3.85. The Morgan fingerprint density at radius 2 is 2.54 bits per heavy atom. The molecule has 0 aliphatic carbocycles. The van der Waals surface area contributed by atoms with Crippen LogP contribution in [0.5, 0.6) is 0 Å². The van der Waals surface area contributed by atoms with Crippen LogP contribution in [0, 0.1) is 18.3 Å². The number of rotatable bonds is 4. The number of aromatic amines is 1. The highest BCUT2D eigenvalue weighted by molar-refractivity contribution is 7.99. The van der Waals surface area contributed by atoms with E-state index >= 15 is 0 Å². The number of hydrogen-bond donors (Lipinski definition) is 2. The number of aromatic nitrogens is 3. The molecule has 1 atom stereocenters. The first kappa shape index (κ1) is 10.0. The number of thioether (sulfide) groups is 1. The summed E-state index contributed by atoms with van der Waals surface area (Å²) < 4.78 is 0. The van der Waals surface area contributed by atoms with Crippen LogP contribution in [-0.4, -0.2) is 34.0 Å². The third-order valence-electron chi connectivity index (χ3n) is 1.46. The summed E-state index contributed by atoms with van der Waals surface area (Å²) in [7, 11) is 1.76. The van der Waals surface area contributed by atoms with Gasteiger partial charge < -0.3 is 5.32 Å². The van der Waals surface area contributed by atoms with Crippen LogP contribution in [0.3, 0.4) is 0 Å². The van der Waals surface area contributed by atoms with Crippen molar-refractivity contribution in [2.75, 3.05) is 12.8 Å². The van der Waals surface area contributed by atoms with Gasteiger partial charge in [-0.2, -0.15) is 5.26 Å². The van der Waals surface area contributed by atoms with E-state index in [1.165, 1.54) is 11.8 Å². The molecular weight excluding hydrogens is 186 g/mol. The third kappa shape index (κ3) is 3.05. The second-order valence-corrected chi connectivity index (χ2v) is 3.47. The molecule has 0 bridgehead atoms. The highest BCUT2D eigenvalue weighted by atomic mass is 32.2. The fraction of sp³-hybridized carbons (Fsp3) is 0.571. The van der Waals surface area contributed by atoms with Crippen LogP contribution in [0.4, 0.5) is 0 Å². The number of nitriles is 1. The third-order valence-corrected chi connectivity index (χ3v) is 2.40. The summed E-state index contributed by atoms with van der Waals surface area (Å²) in [6.07, 6.45) is 0. The number of H-pyrrole nitrogens is 1. The molecule has 0 radical (unpaired) electrons. The number of aryl methyl sites for hydroxylation is 1. The van der Waals surface area contributed by atoms with Gasteiger partial charge in [0.15, 0.2) is 0 Å². The lowest BCUT2D eigenvalue weighted by Gasteiger charge is -2.03. The van der Waals surface area contributed by atoms with Gasteiger partial charge in [-0.3, -0.25) is 5.10 Å². The molecular formula is C7H11N5S. The predicted molar refractivity (Wildman–Crippen MR) is 50.3 cm³/mol. The maximum Gasteiger partial charge on any atom is 0.208 e. The molecule has 0 aromatic carbocycles. The molecule has 1 aromatic rings. The van der Waals surface area contributed by atoms with Crippen LogP contribution < -0.4 is 5.32 Å². The SMILES string of the molecule is CNC(C#N)CSc1n[nH]c(C)n1. The van der Waals surface area contributed by atoms with Gasteiger partial charge in [-0.05, 0) is 14.0 Å². The zero-order valence-corrected chi connectivity index (χ0v) is 8.35. The van der Waals surface area contributed by atoms with Crippen molar-refractivity contribution >= 4 is 11.8 Å². The van der Waals surface area contributed by atoms with E-state index < -0.39 is 0 Å². The van der Waals surface area contributed by atoms with E-state index in [9.17, 15) is 0 Å². The minimum Gasteiger partial charge on any atom is -0.304 e. The van der Waals surface area contributed by atoms with Gasteiger partial charge in [-0.25, -0.2) is 4.98 Å². The molecule has 13 heavy (non-hydrogen) atoms. The van der Waals surface area contributed by atoms with Crippen LogP contribution >= 0.6 is 11.8 Å². The summed E-state index contributed by atoms with van der Waals surface area (Å²) in [4.78, 5) is 4.11. The highest BCUT2D eigenvalue weighted by Crippen LogP contribution is 2.12. The lowest BCUT2D eigenvalue weighted by atomic mass is 10.4. The van der Waals surface area contributed by atoms with Crippen molar-refractivity contribution in [3.8, 4) is 6.07 Å². The normalized spacial score (nSPS) is 12.4. The molecule has 1 unspecified atom stereocenters. The van der Waals surface area contributed by atoms with Crippen LogP contribution in [0.1, 0.15) is 5.82 Å².